The van der Waals surface area contributed by atoms with Crippen molar-refractivity contribution in [3.63, 3.8) is 0 Å². The number of hydrogen-bond acceptors (Lipinski definition) is 8. The van der Waals surface area contributed by atoms with Crippen molar-refractivity contribution < 1.29 is 36.4 Å². The molecule has 0 fully saturated rings. The number of allylic oxidation sites excluding steroid dienone is 9. The number of aryl methyl sites for hydroxylation is 2. The number of benzene rings is 11. The van der Waals surface area contributed by atoms with Gasteiger partial charge in [0.15, 0.2) is 0 Å². The van der Waals surface area contributed by atoms with Crippen LogP contribution in [0.2, 0.25) is 0 Å². The lowest BCUT2D eigenvalue weighted by Crippen LogP contribution is -2.25. The van der Waals surface area contributed by atoms with E-state index in [0.717, 1.165) is 101 Å². The predicted octanol–water partition coefficient (Wildman–Crippen LogP) is 19.6. The molecule has 4 heterocycles. The van der Waals surface area contributed by atoms with E-state index in [1.165, 1.54) is 0 Å². The quantitative estimate of drug-likeness (QED) is 0.0883. The highest BCUT2D eigenvalue weighted by Crippen LogP contribution is 2.63. The molecule has 5 aliphatic rings. The maximum absolute atomic E-state index is 14.8. The second-order valence-corrected chi connectivity index (χ2v) is 32.1. The zero-order chi connectivity index (χ0) is 62.8. The molecule has 91 heavy (non-hydrogen) atoms. The minimum atomic E-state index is -3.45. The first-order valence-electron chi connectivity index (χ1n) is 30.2. The van der Waals surface area contributed by atoms with Crippen LogP contribution < -0.4 is 49.9 Å². The van der Waals surface area contributed by atoms with E-state index in [2.05, 4.69) is 19.7 Å². The third-order valence-electron chi connectivity index (χ3n) is 17.5. The summed E-state index contributed by atoms with van der Waals surface area (Å²) in [4.78, 5) is 0. The summed E-state index contributed by atoms with van der Waals surface area (Å²) < 4.78 is 84.0. The van der Waals surface area contributed by atoms with E-state index in [1.54, 1.807) is 18.2 Å². The fourth-order valence-electron chi connectivity index (χ4n) is 13.2. The van der Waals surface area contributed by atoms with Crippen LogP contribution in [-0.2, 0) is 31.1 Å². The summed E-state index contributed by atoms with van der Waals surface area (Å²) in [6, 6.07) is 74.3. The molecule has 11 aromatic carbocycles. The van der Waals surface area contributed by atoms with Crippen molar-refractivity contribution in [2.75, 3.05) is 0 Å². The molecule has 4 aliphatic heterocycles. The summed E-state index contributed by atoms with van der Waals surface area (Å²) >= 11 is 0. The molecule has 0 saturated carbocycles. The van der Waals surface area contributed by atoms with Gasteiger partial charge in [-0.05, 0) is 185 Å². The Morgan fingerprint density at radius 1 is 0.363 bits per heavy atom. The van der Waals surface area contributed by atoms with Gasteiger partial charge in [-0.1, -0.05) is 189 Å². The third-order valence-corrected chi connectivity index (χ3v) is 27.4. The number of fused-ring (bicyclic) bond motifs is 14. The minimum absolute atomic E-state index is 0.598. The Morgan fingerprint density at radius 3 is 1.16 bits per heavy atom. The van der Waals surface area contributed by atoms with Gasteiger partial charge >= 0.3 is 29.5 Å². The maximum Gasteiger partial charge on any atom is 0.307 e. The van der Waals surface area contributed by atoms with Gasteiger partial charge in [-0.3, -0.25) is 18.3 Å². The molecule has 12 heteroatoms. The molecule has 0 aromatic heterocycles. The average Bonchev–Trinajstić information content (AvgIpc) is 0.795. The van der Waals surface area contributed by atoms with Gasteiger partial charge in [0.25, 0.3) is 0 Å². The molecule has 11 aromatic rings. The van der Waals surface area contributed by atoms with E-state index in [-0.39, 0.29) is 0 Å². The molecule has 0 radical (unpaired) electrons. The summed E-state index contributed by atoms with van der Waals surface area (Å²) in [5, 5.41) is 9.36. The van der Waals surface area contributed by atoms with Crippen molar-refractivity contribution in [1.29, 1.82) is 0 Å². The van der Waals surface area contributed by atoms with Gasteiger partial charge in [0.05, 0.1) is 37.1 Å². The first-order chi connectivity index (χ1) is 44.3. The van der Waals surface area contributed by atoms with E-state index in [1.807, 2.05) is 263 Å². The Balaban J connectivity index is 0.000000152. The first-order valence-corrected chi connectivity index (χ1v) is 36.7. The standard InChI is InChI=1S/C38H24O4P2.C38H32O4P2.C3H6/c39-43(37-15-7-3-11-33(37)31-9-1-5-13-35(31)41-43)27-19-21-29-25(23-27)17-18-26-24-28(20-22-30(26)29)44(40)38-16-8-4-12-34(38)32-10-2-6-14-36(32)42-44;1-5-12-38-31(7-3)35-14-9-11-16-37(35)42-44(38,40)29-20-22-33-27(24-29)18-17-26-23-28(19-21-32(26)33)43(39)25(4)30(6-2)34-13-8-10-15-36(34)41-43;1-3-2/h1-24H;5-16,19-24H,2-3,17-18H2,1,4H3;3H,1H2,2H3/b;12-5-;. The molecule has 0 saturated heterocycles. The van der Waals surface area contributed by atoms with Gasteiger partial charge in [-0.15, -0.1) is 6.58 Å². The second kappa shape index (κ2) is 23.4. The van der Waals surface area contributed by atoms with Crippen LogP contribution in [0.1, 0.15) is 43.0 Å². The first kappa shape index (κ1) is 59.1. The lowest BCUT2D eigenvalue weighted by molar-refractivity contribution is 0.495. The number of rotatable bonds is 7. The van der Waals surface area contributed by atoms with Gasteiger partial charge in [0, 0.05) is 27.6 Å². The van der Waals surface area contributed by atoms with E-state index in [4.69, 9.17) is 18.1 Å². The second-order valence-electron chi connectivity index (χ2n) is 22.8. The molecule has 0 spiro atoms. The Morgan fingerprint density at radius 2 is 0.714 bits per heavy atom. The average molecular weight is 1260 g/mol. The number of hydrogen-bond donors (Lipinski definition) is 0. The molecule has 16 rings (SSSR count). The van der Waals surface area contributed by atoms with Crippen molar-refractivity contribution in [1.82, 2.24) is 0 Å². The fourth-order valence-corrected chi connectivity index (χ4v) is 22.4. The normalized spacial score (nSPS) is 20.2. The molecule has 8 nitrogen and oxygen atoms in total. The van der Waals surface area contributed by atoms with Crippen LogP contribution in [0.4, 0.5) is 0 Å². The summed E-state index contributed by atoms with van der Waals surface area (Å²) in [6.07, 6.45) is 10.6. The van der Waals surface area contributed by atoms with Crippen molar-refractivity contribution in [3.8, 4) is 56.4 Å². The maximum atomic E-state index is 14.8. The molecule has 1 aliphatic carbocycles. The van der Waals surface area contributed by atoms with Crippen LogP contribution in [0, 0.1) is 0 Å². The van der Waals surface area contributed by atoms with Crippen molar-refractivity contribution in [2.24, 2.45) is 0 Å². The van der Waals surface area contributed by atoms with Crippen LogP contribution in [0.5, 0.6) is 23.0 Å². The monoisotopic (exact) mass is 1260 g/mol. The Hall–Kier alpha value is -9.50. The molecule has 4 unspecified atom stereocenters. The van der Waals surface area contributed by atoms with Crippen LogP contribution in [0.25, 0.3) is 66.1 Å². The van der Waals surface area contributed by atoms with Gasteiger partial charge < -0.3 is 18.1 Å². The fraction of sp³-hybridized carbons (Fsp3) is 0.0633. The summed E-state index contributed by atoms with van der Waals surface area (Å²) in [5.74, 6) is 2.47. The Bertz CT molecular complexity index is 5050. The highest BCUT2D eigenvalue weighted by Gasteiger charge is 2.42. The van der Waals surface area contributed by atoms with Crippen molar-refractivity contribution in [3.05, 3.63) is 314 Å². The van der Waals surface area contributed by atoms with Crippen molar-refractivity contribution >= 4 is 94.0 Å². The highest BCUT2D eigenvalue weighted by molar-refractivity contribution is 7.75. The molecule has 0 amide bonds. The third kappa shape index (κ3) is 9.76. The zero-order valence-corrected chi connectivity index (χ0v) is 54.0. The minimum Gasteiger partial charge on any atom is -0.436 e. The number of para-hydroxylation sites is 4. The summed E-state index contributed by atoms with van der Waals surface area (Å²) in [6.45, 7) is 17.1. The van der Waals surface area contributed by atoms with Gasteiger partial charge in [0.1, 0.15) is 23.0 Å². The lowest BCUT2D eigenvalue weighted by atomic mass is 9.86. The van der Waals surface area contributed by atoms with Crippen LogP contribution in [0.15, 0.2) is 291 Å². The van der Waals surface area contributed by atoms with Crippen LogP contribution in [0.3, 0.4) is 0 Å². The van der Waals surface area contributed by atoms with E-state index < -0.39 is 29.5 Å². The Labute approximate surface area is 530 Å². The SMILES string of the molecule is C=CC.C=CC1=C(C)P(=O)(c2ccc3c(c2)CCc2cc(P4(=O)Oc5ccccc5C(C=C)=C4/C=C\C)ccc2-3)Oc2ccccc21.O=P1(c2ccc3c(ccc4cc(P5(=O)Oc6ccccc6-c6ccccc65)ccc43)c2)Oc2ccccc2-c2ccccc21. The predicted molar refractivity (Wildman–Crippen MR) is 379 cm³/mol. The van der Waals surface area contributed by atoms with Gasteiger partial charge in [-0.2, -0.15) is 0 Å². The Kier molecular flexibility index (Phi) is 15.2. The van der Waals surface area contributed by atoms with Gasteiger partial charge in [-0.25, -0.2) is 0 Å². The topological polar surface area (TPSA) is 105 Å². The molecule has 0 bridgehead atoms. The van der Waals surface area contributed by atoms with Gasteiger partial charge in [0.2, 0.25) is 0 Å². The summed E-state index contributed by atoms with van der Waals surface area (Å²) in [7, 11) is -13.6. The van der Waals surface area contributed by atoms with E-state index >= 15 is 0 Å². The smallest absolute Gasteiger partial charge is 0.307 e. The molecule has 446 valence electrons. The zero-order valence-electron chi connectivity index (χ0n) is 50.4. The molecule has 4 atom stereocenters. The molecule has 0 N–H and O–H groups in total. The highest BCUT2D eigenvalue weighted by atomic mass is 31.2. The van der Waals surface area contributed by atoms with E-state index in [0.29, 0.717) is 65.5 Å². The summed E-state index contributed by atoms with van der Waals surface area (Å²) in [5.41, 5.74) is 11.7. The van der Waals surface area contributed by atoms with E-state index in [9.17, 15) is 18.3 Å². The van der Waals surface area contributed by atoms with Crippen LogP contribution >= 0.6 is 29.5 Å². The largest absolute Gasteiger partial charge is 0.436 e. The lowest BCUT2D eigenvalue weighted by Gasteiger charge is -2.31. The van der Waals surface area contributed by atoms with Crippen LogP contribution in [-0.4, -0.2) is 0 Å². The molecular weight excluding hydrogens is 1200 g/mol. The molecular formula is C79H62O8P4. The van der Waals surface area contributed by atoms with Crippen molar-refractivity contribution in [2.45, 2.75) is 33.6 Å².